The molecule has 0 aliphatic rings. The number of nitrogens with two attached hydrogens (primary N) is 1. The van der Waals surface area contributed by atoms with Gasteiger partial charge in [0.1, 0.15) is 6.33 Å². The van der Waals surface area contributed by atoms with Crippen LogP contribution in [0.25, 0.3) is 11.2 Å². The molecule has 2 aromatic heterocycles. The van der Waals surface area contributed by atoms with E-state index in [2.05, 4.69) is 60.7 Å². The molecule has 0 atom stereocenters. The number of unbranched alkanes of at least 4 members (excludes halogenated alkanes) is 1. The predicted molar refractivity (Wildman–Crippen MR) is 96.7 cm³/mol. The fraction of sp³-hybridized carbons (Fsp3) is 0.562. The molecule has 0 radical (unpaired) electrons. The van der Waals surface area contributed by atoms with Crippen molar-refractivity contribution in [2.24, 2.45) is 0 Å². The van der Waals surface area contributed by atoms with Gasteiger partial charge in [0.25, 0.3) is 8.32 Å². The van der Waals surface area contributed by atoms with Crippen molar-refractivity contribution in [2.45, 2.75) is 51.7 Å². The number of aliphatic hydroxyl groups is 1. The molecule has 7 nitrogen and oxygen atoms in total. The predicted octanol–water partition coefficient (Wildman–Crippen LogP) is 1.97. The maximum Gasteiger partial charge on any atom is 0.284 e. The summed E-state index contributed by atoms with van der Waals surface area (Å²) in [6, 6.07) is 0. The minimum atomic E-state index is -2.12. The normalized spacial score (nSPS) is 12.1. The molecule has 0 saturated heterocycles. The molecule has 0 fully saturated rings. The van der Waals surface area contributed by atoms with E-state index in [0.29, 0.717) is 35.6 Å². The highest BCUT2D eigenvalue weighted by molar-refractivity contribution is 6.74. The van der Waals surface area contributed by atoms with E-state index in [4.69, 9.17) is 15.4 Å². The van der Waals surface area contributed by atoms with Gasteiger partial charge in [0.2, 0.25) is 11.5 Å². The third-order valence-corrected chi connectivity index (χ3v) is 8.47. The highest BCUT2D eigenvalue weighted by Gasteiger charge is 2.41. The van der Waals surface area contributed by atoms with Crippen molar-refractivity contribution in [2.75, 3.05) is 12.3 Å². The average molecular weight is 347 g/mol. The van der Waals surface area contributed by atoms with Crippen molar-refractivity contribution in [3.8, 4) is 11.8 Å². The molecule has 0 amide bonds. The number of anilines is 1. The van der Waals surface area contributed by atoms with E-state index in [1.807, 2.05) is 0 Å². The monoisotopic (exact) mass is 347 g/mol. The lowest BCUT2D eigenvalue weighted by Crippen LogP contribution is -2.48. The Morgan fingerprint density at radius 1 is 1.33 bits per heavy atom. The van der Waals surface area contributed by atoms with Crippen LogP contribution in [0.3, 0.4) is 0 Å². The summed E-state index contributed by atoms with van der Waals surface area (Å²) in [4.78, 5) is 12.7. The number of nitrogen functional groups attached to an aromatic ring is 1. The highest BCUT2D eigenvalue weighted by Crippen LogP contribution is 2.35. The second kappa shape index (κ2) is 6.79. The fourth-order valence-electron chi connectivity index (χ4n) is 1.73. The van der Waals surface area contributed by atoms with E-state index in [0.717, 1.165) is 0 Å². The maximum absolute atomic E-state index is 8.87. The summed E-state index contributed by atoms with van der Waals surface area (Å²) < 4.78 is 7.95. The molecule has 2 heterocycles. The van der Waals surface area contributed by atoms with E-state index in [1.165, 1.54) is 6.33 Å². The number of hydrogen-bond acceptors (Lipinski definition) is 6. The molecule has 0 spiro atoms. The Morgan fingerprint density at radius 2 is 2.04 bits per heavy atom. The summed E-state index contributed by atoms with van der Waals surface area (Å²) in [6.07, 6.45) is 2.60. The average Bonchev–Trinajstić information content (AvgIpc) is 2.82. The van der Waals surface area contributed by atoms with Gasteiger partial charge in [-0.05, 0) is 30.5 Å². The molecule has 2 rings (SSSR count). The summed E-state index contributed by atoms with van der Waals surface area (Å²) in [5.41, 5.74) is 6.93. The van der Waals surface area contributed by atoms with Crippen LogP contribution in [-0.2, 0) is 0 Å². The minimum absolute atomic E-state index is 0.0176. The molecule has 24 heavy (non-hydrogen) atoms. The molecule has 8 heteroatoms. The summed E-state index contributed by atoms with van der Waals surface area (Å²) in [5.74, 6) is 6.76. The first-order chi connectivity index (χ1) is 11.2. The molecule has 0 unspecified atom stereocenters. The third kappa shape index (κ3) is 3.68. The molecule has 2 aromatic rings. The molecule has 0 aromatic carbocycles. The van der Waals surface area contributed by atoms with Gasteiger partial charge in [-0.15, -0.1) is 0 Å². The minimum Gasteiger partial charge on any atom is -0.466 e. The lowest BCUT2D eigenvalue weighted by molar-refractivity contribution is 0.256. The van der Waals surface area contributed by atoms with Crippen molar-refractivity contribution in [1.82, 2.24) is 19.7 Å². The van der Waals surface area contributed by atoms with Gasteiger partial charge >= 0.3 is 0 Å². The largest absolute Gasteiger partial charge is 0.466 e. The number of imidazole rings is 1. The van der Waals surface area contributed by atoms with Crippen LogP contribution in [-0.4, -0.2) is 39.7 Å². The molecular formula is C16H25N5O2Si. The zero-order chi connectivity index (χ0) is 18.0. The van der Waals surface area contributed by atoms with Crippen LogP contribution in [0, 0.1) is 11.8 Å². The van der Waals surface area contributed by atoms with Gasteiger partial charge in [0, 0.05) is 13.0 Å². The second-order valence-corrected chi connectivity index (χ2v) is 11.8. The van der Waals surface area contributed by atoms with Crippen molar-refractivity contribution in [3.63, 3.8) is 0 Å². The smallest absolute Gasteiger partial charge is 0.284 e. The molecule has 0 saturated carbocycles. The van der Waals surface area contributed by atoms with E-state index < -0.39 is 8.32 Å². The van der Waals surface area contributed by atoms with Gasteiger partial charge < -0.3 is 15.4 Å². The highest BCUT2D eigenvalue weighted by atomic mass is 28.4. The topological polar surface area (TPSA) is 99.1 Å². The molecule has 0 bridgehead atoms. The van der Waals surface area contributed by atoms with Crippen LogP contribution in [0.5, 0.6) is 0 Å². The second-order valence-electron chi connectivity index (χ2n) is 7.14. The Balaban J connectivity index is 2.52. The van der Waals surface area contributed by atoms with Crippen molar-refractivity contribution in [1.29, 1.82) is 0 Å². The maximum atomic E-state index is 8.87. The van der Waals surface area contributed by atoms with Gasteiger partial charge in [0.05, 0.1) is 0 Å². The third-order valence-electron chi connectivity index (χ3n) is 4.22. The summed E-state index contributed by atoms with van der Waals surface area (Å²) >= 11 is 0. The van der Waals surface area contributed by atoms with Crippen LogP contribution in [0.4, 0.5) is 5.82 Å². The molecule has 0 aliphatic heterocycles. The molecule has 3 N–H and O–H groups in total. The van der Waals surface area contributed by atoms with Gasteiger partial charge in [0.15, 0.2) is 11.3 Å². The summed E-state index contributed by atoms with van der Waals surface area (Å²) in [5, 5.41) is 8.89. The first-order valence-electron chi connectivity index (χ1n) is 7.95. The molecule has 130 valence electrons. The van der Waals surface area contributed by atoms with Gasteiger partial charge in [-0.2, -0.15) is 4.73 Å². The van der Waals surface area contributed by atoms with Crippen molar-refractivity contribution < 1.29 is 9.63 Å². The fourth-order valence-corrected chi connectivity index (χ4v) is 2.63. The van der Waals surface area contributed by atoms with E-state index in [-0.39, 0.29) is 11.6 Å². The number of hydrogen-bond donors (Lipinski definition) is 2. The number of rotatable bonds is 4. The van der Waals surface area contributed by atoms with Gasteiger partial charge in [-0.1, -0.05) is 26.7 Å². The lowest BCUT2D eigenvalue weighted by Gasteiger charge is -2.35. The number of fused-ring (bicyclic) bond motifs is 1. The Hall–Kier alpha value is -2.11. The Bertz CT molecular complexity index is 783. The summed E-state index contributed by atoms with van der Waals surface area (Å²) in [6.45, 7) is 10.9. The summed E-state index contributed by atoms with van der Waals surface area (Å²) in [7, 11) is -2.12. The van der Waals surface area contributed by atoms with Crippen LogP contribution < -0.4 is 10.3 Å². The Labute approximate surface area is 143 Å². The number of aromatic nitrogens is 4. The Kier molecular flexibility index (Phi) is 5.16. The van der Waals surface area contributed by atoms with Crippen LogP contribution >= 0.6 is 0 Å². The van der Waals surface area contributed by atoms with Crippen molar-refractivity contribution in [3.05, 3.63) is 12.2 Å². The lowest BCUT2D eigenvalue weighted by atomic mass is 10.2. The Morgan fingerprint density at radius 3 is 2.67 bits per heavy atom. The van der Waals surface area contributed by atoms with Gasteiger partial charge in [-0.3, -0.25) is 0 Å². The standard InChI is InChI=1S/C16H25N5O2Si/c1-16(2,3)24(4,5)23-21-12(9-7-6-8-10-22)20-13-14(17)18-11-19-15(13)21/h11,22H,6,8,10H2,1-5H3,(H2,17,18,19). The SMILES string of the molecule is CC(C)(C)[Si](C)(C)On1c(C#CCCCO)nc2c(N)ncnc21. The molecular weight excluding hydrogens is 322 g/mol. The van der Waals surface area contributed by atoms with E-state index >= 15 is 0 Å². The number of aliphatic hydroxyl groups excluding tert-OH is 1. The van der Waals surface area contributed by atoms with Gasteiger partial charge in [-0.25, -0.2) is 15.0 Å². The van der Waals surface area contributed by atoms with Crippen molar-refractivity contribution >= 4 is 25.3 Å². The van der Waals surface area contributed by atoms with Crippen LogP contribution in [0.15, 0.2) is 6.33 Å². The van der Waals surface area contributed by atoms with Crippen LogP contribution in [0.1, 0.15) is 39.4 Å². The van der Waals surface area contributed by atoms with E-state index in [9.17, 15) is 0 Å². The van der Waals surface area contributed by atoms with E-state index in [1.54, 1.807) is 4.73 Å². The first kappa shape index (κ1) is 18.2. The molecule has 0 aliphatic carbocycles. The zero-order valence-electron chi connectivity index (χ0n) is 14.9. The van der Waals surface area contributed by atoms with Crippen LogP contribution in [0.2, 0.25) is 18.1 Å². The zero-order valence-corrected chi connectivity index (χ0v) is 15.9. The first-order valence-corrected chi connectivity index (χ1v) is 10.9. The number of nitrogens with zero attached hydrogens (tertiary/aromatic N) is 4. The quantitative estimate of drug-likeness (QED) is 0.498.